The number of hydrogen-bond acceptors (Lipinski definition) is 3. The molecule has 0 bridgehead atoms. The lowest BCUT2D eigenvalue weighted by Crippen LogP contribution is -2.43. The van der Waals surface area contributed by atoms with E-state index in [4.69, 9.17) is 28.3 Å². The molecule has 19 heavy (non-hydrogen) atoms. The Morgan fingerprint density at radius 3 is 2.53 bits per heavy atom. The maximum Gasteiger partial charge on any atom is 0.313 e. The predicted molar refractivity (Wildman–Crippen MR) is 74.4 cm³/mol. The summed E-state index contributed by atoms with van der Waals surface area (Å²) in [6, 6.07) is 4.06. The van der Waals surface area contributed by atoms with Crippen LogP contribution < -0.4 is 10.6 Å². The van der Waals surface area contributed by atoms with Crippen LogP contribution in [0.2, 0.25) is 10.0 Å². The SMILES string of the molecule is CC[C@H](CO)NC(=O)C(=O)Nc1ccc(Cl)cc1Cl. The van der Waals surface area contributed by atoms with Crippen molar-refractivity contribution in [2.75, 3.05) is 11.9 Å². The van der Waals surface area contributed by atoms with E-state index in [0.717, 1.165) is 0 Å². The zero-order chi connectivity index (χ0) is 14.4. The molecule has 1 atom stereocenters. The minimum Gasteiger partial charge on any atom is -0.394 e. The topological polar surface area (TPSA) is 78.4 Å². The molecular weight excluding hydrogens is 291 g/mol. The molecule has 0 heterocycles. The molecule has 1 rings (SSSR count). The van der Waals surface area contributed by atoms with Crippen molar-refractivity contribution in [1.29, 1.82) is 0 Å². The van der Waals surface area contributed by atoms with E-state index in [0.29, 0.717) is 17.1 Å². The van der Waals surface area contributed by atoms with Gasteiger partial charge in [-0.05, 0) is 24.6 Å². The Balaban J connectivity index is 2.66. The van der Waals surface area contributed by atoms with Crippen LogP contribution in [0.15, 0.2) is 18.2 Å². The first kappa shape index (κ1) is 15.8. The van der Waals surface area contributed by atoms with E-state index in [-0.39, 0.29) is 11.6 Å². The molecule has 0 saturated heterocycles. The predicted octanol–water partition coefficient (Wildman–Crippen LogP) is 1.82. The van der Waals surface area contributed by atoms with Crippen molar-refractivity contribution >= 4 is 40.7 Å². The Hall–Kier alpha value is -1.30. The molecule has 0 aliphatic carbocycles. The monoisotopic (exact) mass is 304 g/mol. The highest BCUT2D eigenvalue weighted by Crippen LogP contribution is 2.25. The molecule has 1 aromatic carbocycles. The van der Waals surface area contributed by atoms with Crippen LogP contribution in [0.1, 0.15) is 13.3 Å². The zero-order valence-electron chi connectivity index (χ0n) is 10.2. The Kier molecular flexibility index (Phi) is 6.08. The van der Waals surface area contributed by atoms with Crippen molar-refractivity contribution in [2.24, 2.45) is 0 Å². The van der Waals surface area contributed by atoms with Gasteiger partial charge in [-0.1, -0.05) is 30.1 Å². The van der Waals surface area contributed by atoms with Crippen molar-refractivity contribution in [1.82, 2.24) is 5.32 Å². The van der Waals surface area contributed by atoms with Crippen LogP contribution in [-0.4, -0.2) is 29.6 Å². The standard InChI is InChI=1S/C12H14Cl2N2O3/c1-2-8(6-17)15-11(18)12(19)16-10-4-3-7(13)5-9(10)14/h3-5,8,17H,2,6H2,1H3,(H,15,18)(H,16,19)/t8-/m1/s1. The Morgan fingerprint density at radius 1 is 1.32 bits per heavy atom. The number of carbonyl (C=O) groups is 2. The average molecular weight is 305 g/mol. The number of carbonyl (C=O) groups excluding carboxylic acids is 2. The van der Waals surface area contributed by atoms with Crippen LogP contribution in [-0.2, 0) is 9.59 Å². The van der Waals surface area contributed by atoms with Gasteiger partial charge in [-0.2, -0.15) is 0 Å². The second-order valence-corrected chi connectivity index (χ2v) is 4.68. The van der Waals surface area contributed by atoms with Crippen molar-refractivity contribution in [3.63, 3.8) is 0 Å². The molecule has 0 unspecified atom stereocenters. The molecule has 0 radical (unpaired) electrons. The van der Waals surface area contributed by atoms with Gasteiger partial charge in [0.1, 0.15) is 0 Å². The summed E-state index contributed by atoms with van der Waals surface area (Å²) in [5.74, 6) is -1.68. The smallest absolute Gasteiger partial charge is 0.313 e. The summed E-state index contributed by atoms with van der Waals surface area (Å²) in [5.41, 5.74) is 0.295. The number of aliphatic hydroxyl groups excluding tert-OH is 1. The van der Waals surface area contributed by atoms with Gasteiger partial charge in [-0.15, -0.1) is 0 Å². The third kappa shape index (κ3) is 4.70. The van der Waals surface area contributed by atoms with E-state index in [1.165, 1.54) is 12.1 Å². The van der Waals surface area contributed by atoms with Crippen molar-refractivity contribution in [2.45, 2.75) is 19.4 Å². The minimum absolute atomic E-state index is 0.225. The summed E-state index contributed by atoms with van der Waals surface area (Å²) < 4.78 is 0. The minimum atomic E-state index is -0.851. The number of benzene rings is 1. The molecule has 5 nitrogen and oxygen atoms in total. The fourth-order valence-electron chi connectivity index (χ4n) is 1.30. The third-order valence-electron chi connectivity index (χ3n) is 2.43. The molecule has 0 aliphatic rings. The molecule has 3 N–H and O–H groups in total. The van der Waals surface area contributed by atoms with Gasteiger partial charge < -0.3 is 15.7 Å². The van der Waals surface area contributed by atoms with Crippen molar-refractivity contribution in [3.8, 4) is 0 Å². The van der Waals surface area contributed by atoms with Gasteiger partial charge in [0.2, 0.25) is 0 Å². The number of aliphatic hydroxyl groups is 1. The summed E-state index contributed by atoms with van der Waals surface area (Å²) in [5, 5.41) is 14.4. The first-order valence-corrected chi connectivity index (χ1v) is 6.41. The molecule has 0 spiro atoms. The Bertz CT molecular complexity index is 476. The van der Waals surface area contributed by atoms with Crippen LogP contribution >= 0.6 is 23.2 Å². The molecular formula is C12H14Cl2N2O3. The van der Waals surface area contributed by atoms with Crippen LogP contribution in [0.5, 0.6) is 0 Å². The maximum absolute atomic E-state index is 11.6. The largest absolute Gasteiger partial charge is 0.394 e. The number of hydrogen-bond donors (Lipinski definition) is 3. The summed E-state index contributed by atoms with van der Waals surface area (Å²) in [7, 11) is 0. The fraction of sp³-hybridized carbons (Fsp3) is 0.333. The van der Waals surface area contributed by atoms with Gasteiger partial charge >= 0.3 is 11.8 Å². The number of rotatable bonds is 4. The van der Waals surface area contributed by atoms with Crippen molar-refractivity contribution < 1.29 is 14.7 Å². The van der Waals surface area contributed by atoms with Gasteiger partial charge in [0.25, 0.3) is 0 Å². The maximum atomic E-state index is 11.6. The summed E-state index contributed by atoms with van der Waals surface area (Å²) in [6.07, 6.45) is 0.525. The van der Waals surface area contributed by atoms with E-state index in [9.17, 15) is 9.59 Å². The lowest BCUT2D eigenvalue weighted by atomic mass is 10.2. The quantitative estimate of drug-likeness (QED) is 0.742. The average Bonchev–Trinajstić information content (AvgIpc) is 2.38. The highest BCUT2D eigenvalue weighted by atomic mass is 35.5. The Morgan fingerprint density at radius 2 is 2.00 bits per heavy atom. The molecule has 2 amide bonds. The van der Waals surface area contributed by atoms with E-state index < -0.39 is 17.9 Å². The molecule has 0 aromatic heterocycles. The fourth-order valence-corrected chi connectivity index (χ4v) is 1.75. The van der Waals surface area contributed by atoms with Crippen LogP contribution in [0.25, 0.3) is 0 Å². The molecule has 0 saturated carbocycles. The van der Waals surface area contributed by atoms with Gasteiger partial charge in [0.05, 0.1) is 23.4 Å². The number of halogens is 2. The van der Waals surface area contributed by atoms with Crippen molar-refractivity contribution in [3.05, 3.63) is 28.2 Å². The lowest BCUT2D eigenvalue weighted by Gasteiger charge is -2.14. The van der Waals surface area contributed by atoms with Gasteiger partial charge in [-0.25, -0.2) is 0 Å². The van der Waals surface area contributed by atoms with E-state index in [1.54, 1.807) is 13.0 Å². The zero-order valence-corrected chi connectivity index (χ0v) is 11.8. The second kappa shape index (κ2) is 7.33. The number of anilines is 1. The third-order valence-corrected chi connectivity index (χ3v) is 2.98. The molecule has 104 valence electrons. The van der Waals surface area contributed by atoms with E-state index in [1.807, 2.05) is 0 Å². The Labute approximate surface area is 120 Å². The summed E-state index contributed by atoms with van der Waals surface area (Å²) in [6.45, 7) is 1.56. The number of amides is 2. The van der Waals surface area contributed by atoms with E-state index >= 15 is 0 Å². The highest BCUT2D eigenvalue weighted by molar-refractivity contribution is 6.42. The van der Waals surface area contributed by atoms with Gasteiger partial charge in [0.15, 0.2) is 0 Å². The first-order chi connectivity index (χ1) is 8.97. The second-order valence-electron chi connectivity index (χ2n) is 3.84. The van der Waals surface area contributed by atoms with Gasteiger partial charge in [-0.3, -0.25) is 9.59 Å². The van der Waals surface area contributed by atoms with Gasteiger partial charge in [0, 0.05) is 5.02 Å². The van der Waals surface area contributed by atoms with Crippen LogP contribution in [0, 0.1) is 0 Å². The van der Waals surface area contributed by atoms with Crippen LogP contribution in [0.4, 0.5) is 5.69 Å². The lowest BCUT2D eigenvalue weighted by molar-refractivity contribution is -0.136. The summed E-state index contributed by atoms with van der Waals surface area (Å²) >= 11 is 11.6. The first-order valence-electron chi connectivity index (χ1n) is 5.65. The van der Waals surface area contributed by atoms with Crippen LogP contribution in [0.3, 0.4) is 0 Å². The normalized spacial score (nSPS) is 11.8. The van der Waals surface area contributed by atoms with E-state index in [2.05, 4.69) is 10.6 Å². The number of nitrogens with one attached hydrogen (secondary N) is 2. The molecule has 1 aromatic rings. The molecule has 7 heteroatoms. The molecule has 0 fully saturated rings. The molecule has 0 aliphatic heterocycles. The summed E-state index contributed by atoms with van der Waals surface area (Å²) in [4.78, 5) is 23.2. The highest BCUT2D eigenvalue weighted by Gasteiger charge is 2.18.